The number of fused-ring (bicyclic) bond motifs is 1. The van der Waals surface area contributed by atoms with E-state index in [9.17, 15) is 9.90 Å². The molecule has 1 saturated heterocycles. The molecule has 1 fully saturated rings. The Morgan fingerprint density at radius 3 is 2.59 bits per heavy atom. The molecule has 5 nitrogen and oxygen atoms in total. The number of aryl methyl sites for hydroxylation is 1. The number of nitrogens with zero attached hydrogens (tertiary/aromatic N) is 1. The van der Waals surface area contributed by atoms with Crippen molar-refractivity contribution in [1.82, 2.24) is 4.90 Å². The molecule has 1 unspecified atom stereocenters. The number of nitrogens with one attached hydrogen (secondary N) is 1. The Morgan fingerprint density at radius 2 is 1.94 bits per heavy atom. The van der Waals surface area contributed by atoms with Crippen LogP contribution in [0, 0.1) is 0 Å². The fourth-order valence-electron chi connectivity index (χ4n) is 4.67. The van der Waals surface area contributed by atoms with Gasteiger partial charge in [0.1, 0.15) is 5.60 Å². The number of hydrogen-bond acceptors (Lipinski definition) is 5. The Balaban J connectivity index is 1.55. The zero-order valence-electron chi connectivity index (χ0n) is 21.3. The molecule has 2 N–H and O–H groups in total. The van der Waals surface area contributed by atoms with Gasteiger partial charge in [0.15, 0.2) is 8.32 Å². The molecule has 1 atom stereocenters. The third-order valence-corrected chi connectivity index (χ3v) is 13.5. The van der Waals surface area contributed by atoms with Gasteiger partial charge < -0.3 is 19.7 Å². The molecule has 0 saturated carbocycles. The number of thiophene rings is 1. The first-order valence-corrected chi connectivity index (χ1v) is 16.3. The lowest BCUT2D eigenvalue weighted by molar-refractivity contribution is -0.116. The lowest BCUT2D eigenvalue weighted by Crippen LogP contribution is -2.47. The number of likely N-dealkylation sites (tertiary alicyclic amines) is 1. The number of hydrogen-bond donors (Lipinski definition) is 2. The normalized spacial score (nSPS) is 20.4. The summed E-state index contributed by atoms with van der Waals surface area (Å²) in [5.74, 6) is 0.104. The van der Waals surface area contributed by atoms with Gasteiger partial charge in [0, 0.05) is 36.6 Å². The maximum atomic E-state index is 12.0. The van der Waals surface area contributed by atoms with Crippen molar-refractivity contribution in [2.75, 3.05) is 25.0 Å². The molecule has 1 amide bonds. The number of rotatable bonds is 6. The third kappa shape index (κ3) is 5.65. The standard InChI is InChI=1S/C27H40N2O3SSi/c1-26(2,3)34(4,5)32-23(21-11-12-22-20(18-21)8-6-10-25(30)28-22)19-29-15-13-27(31,14-16-29)24-9-7-17-33-24/h7,9,11-12,17-18,23,31H,6,8,10,13-16,19H2,1-5H3,(H,28,30). The second kappa shape index (κ2) is 9.86. The summed E-state index contributed by atoms with van der Waals surface area (Å²) in [5, 5.41) is 16.4. The number of piperidine rings is 1. The maximum Gasteiger partial charge on any atom is 0.224 e. The molecule has 3 heterocycles. The van der Waals surface area contributed by atoms with Crippen LogP contribution in [0.15, 0.2) is 35.7 Å². The van der Waals surface area contributed by atoms with E-state index in [0.29, 0.717) is 6.42 Å². The predicted molar refractivity (Wildman–Crippen MR) is 143 cm³/mol. The van der Waals surface area contributed by atoms with Gasteiger partial charge in [0.25, 0.3) is 0 Å². The van der Waals surface area contributed by atoms with Crippen molar-refractivity contribution in [3.05, 3.63) is 51.7 Å². The van der Waals surface area contributed by atoms with E-state index in [-0.39, 0.29) is 17.0 Å². The largest absolute Gasteiger partial charge is 0.409 e. The van der Waals surface area contributed by atoms with Crippen LogP contribution in [0.5, 0.6) is 0 Å². The van der Waals surface area contributed by atoms with Gasteiger partial charge in [-0.3, -0.25) is 4.79 Å². The number of aliphatic hydroxyl groups is 1. The average molecular weight is 501 g/mol. The van der Waals surface area contributed by atoms with Crippen LogP contribution in [-0.4, -0.2) is 43.9 Å². The van der Waals surface area contributed by atoms with Crippen molar-refractivity contribution >= 4 is 31.2 Å². The predicted octanol–water partition coefficient (Wildman–Crippen LogP) is 6.07. The Kier molecular flexibility index (Phi) is 7.42. The van der Waals surface area contributed by atoms with Crippen molar-refractivity contribution in [2.24, 2.45) is 0 Å². The molecule has 2 aromatic rings. The van der Waals surface area contributed by atoms with Gasteiger partial charge in [-0.1, -0.05) is 39.0 Å². The van der Waals surface area contributed by atoms with E-state index in [0.717, 1.165) is 55.9 Å². The molecule has 7 heteroatoms. The number of amides is 1. The molecular weight excluding hydrogens is 460 g/mol. The van der Waals surface area contributed by atoms with Gasteiger partial charge >= 0.3 is 0 Å². The molecule has 34 heavy (non-hydrogen) atoms. The second-order valence-electron chi connectivity index (χ2n) is 11.5. The number of benzene rings is 1. The molecule has 1 aromatic carbocycles. The summed E-state index contributed by atoms with van der Waals surface area (Å²) in [4.78, 5) is 15.5. The maximum absolute atomic E-state index is 12.0. The first-order chi connectivity index (χ1) is 16.0. The van der Waals surface area contributed by atoms with Crippen LogP contribution < -0.4 is 5.32 Å². The molecule has 0 spiro atoms. The zero-order valence-corrected chi connectivity index (χ0v) is 23.1. The lowest BCUT2D eigenvalue weighted by Gasteiger charge is -2.43. The molecule has 186 valence electrons. The topological polar surface area (TPSA) is 61.8 Å². The molecule has 4 rings (SSSR count). The molecule has 1 aromatic heterocycles. The van der Waals surface area contributed by atoms with Gasteiger partial charge in [-0.2, -0.15) is 0 Å². The molecule has 2 aliphatic heterocycles. The van der Waals surface area contributed by atoms with Crippen LogP contribution in [0.25, 0.3) is 0 Å². The summed E-state index contributed by atoms with van der Waals surface area (Å²) in [7, 11) is -2.01. The van der Waals surface area contributed by atoms with E-state index in [1.165, 1.54) is 11.1 Å². The molecular formula is C27H40N2O3SSi. The van der Waals surface area contributed by atoms with Crippen LogP contribution in [0.4, 0.5) is 5.69 Å². The van der Waals surface area contributed by atoms with Crippen molar-refractivity contribution in [2.45, 2.75) is 82.7 Å². The van der Waals surface area contributed by atoms with E-state index >= 15 is 0 Å². The third-order valence-electron chi connectivity index (χ3n) is 7.96. The fourth-order valence-corrected chi connectivity index (χ4v) is 6.83. The van der Waals surface area contributed by atoms with Gasteiger partial charge in [-0.25, -0.2) is 0 Å². The Bertz CT molecular complexity index is 992. The number of carbonyl (C=O) groups excluding carboxylic acids is 1. The van der Waals surface area contributed by atoms with E-state index in [4.69, 9.17) is 4.43 Å². The van der Waals surface area contributed by atoms with Crippen LogP contribution in [0.3, 0.4) is 0 Å². The van der Waals surface area contributed by atoms with Gasteiger partial charge in [0.05, 0.1) is 6.10 Å². The summed E-state index contributed by atoms with van der Waals surface area (Å²) in [6, 6.07) is 10.5. The number of anilines is 1. The monoisotopic (exact) mass is 500 g/mol. The summed E-state index contributed by atoms with van der Waals surface area (Å²) >= 11 is 1.65. The highest BCUT2D eigenvalue weighted by molar-refractivity contribution is 7.10. The first kappa shape index (κ1) is 25.6. The minimum absolute atomic E-state index is 0.0296. The summed E-state index contributed by atoms with van der Waals surface area (Å²) in [6.07, 6.45) is 3.83. The Morgan fingerprint density at radius 1 is 1.21 bits per heavy atom. The quantitative estimate of drug-likeness (QED) is 0.473. The minimum atomic E-state index is -2.01. The van der Waals surface area contributed by atoms with E-state index in [1.807, 2.05) is 11.4 Å². The van der Waals surface area contributed by atoms with E-state index in [1.54, 1.807) is 11.3 Å². The van der Waals surface area contributed by atoms with Crippen molar-refractivity contribution in [1.29, 1.82) is 0 Å². The SMILES string of the molecule is CC(C)(C)[Si](C)(C)OC(CN1CCC(O)(c2cccs2)CC1)c1ccc2c(c1)CCCC(=O)N2. The zero-order chi connectivity index (χ0) is 24.6. The van der Waals surface area contributed by atoms with Crippen LogP contribution in [0.2, 0.25) is 18.1 Å². The highest BCUT2D eigenvalue weighted by Crippen LogP contribution is 2.41. The Hall–Kier alpha value is -1.51. The summed E-state index contributed by atoms with van der Waals surface area (Å²) in [6.45, 7) is 14.0. The highest BCUT2D eigenvalue weighted by atomic mass is 32.1. The van der Waals surface area contributed by atoms with E-state index < -0.39 is 13.9 Å². The second-order valence-corrected chi connectivity index (χ2v) is 17.2. The van der Waals surface area contributed by atoms with Gasteiger partial charge in [-0.05, 0) is 72.5 Å². The summed E-state index contributed by atoms with van der Waals surface area (Å²) in [5.41, 5.74) is 2.64. The van der Waals surface area contributed by atoms with Gasteiger partial charge in [0.2, 0.25) is 5.91 Å². The molecule has 0 bridgehead atoms. The van der Waals surface area contributed by atoms with Crippen LogP contribution in [0.1, 0.15) is 68.6 Å². The Labute approximate surface area is 209 Å². The van der Waals surface area contributed by atoms with Crippen molar-refractivity contribution in [3.8, 4) is 0 Å². The van der Waals surface area contributed by atoms with Gasteiger partial charge in [-0.15, -0.1) is 11.3 Å². The number of carbonyl (C=O) groups is 1. The van der Waals surface area contributed by atoms with E-state index in [2.05, 4.69) is 68.3 Å². The van der Waals surface area contributed by atoms with Crippen LogP contribution >= 0.6 is 11.3 Å². The fraction of sp³-hybridized carbons (Fsp3) is 0.593. The van der Waals surface area contributed by atoms with Crippen LogP contribution in [-0.2, 0) is 21.2 Å². The summed E-state index contributed by atoms with van der Waals surface area (Å²) < 4.78 is 7.01. The van der Waals surface area contributed by atoms with Crippen molar-refractivity contribution in [3.63, 3.8) is 0 Å². The minimum Gasteiger partial charge on any atom is -0.409 e. The average Bonchev–Trinajstić information content (AvgIpc) is 3.24. The molecule has 0 radical (unpaired) electrons. The lowest BCUT2D eigenvalue weighted by atomic mass is 9.89. The highest BCUT2D eigenvalue weighted by Gasteiger charge is 2.41. The van der Waals surface area contributed by atoms with Crippen molar-refractivity contribution < 1.29 is 14.3 Å². The molecule has 2 aliphatic rings. The smallest absolute Gasteiger partial charge is 0.224 e. The molecule has 0 aliphatic carbocycles. The first-order valence-electron chi connectivity index (χ1n) is 12.6.